The van der Waals surface area contributed by atoms with Crippen LogP contribution in [0.4, 0.5) is 0 Å². The molecule has 0 aliphatic carbocycles. The maximum Gasteiger partial charge on any atom is 0.314 e. The summed E-state index contributed by atoms with van der Waals surface area (Å²) in [5, 5.41) is 18.9. The molecule has 0 saturated heterocycles. The van der Waals surface area contributed by atoms with Gasteiger partial charge in [0.2, 0.25) is 0 Å². The first kappa shape index (κ1) is 95.7. The first-order chi connectivity index (χ1) is 43.7. The minimum absolute atomic E-state index is 0.283. The molecule has 0 aromatic heterocycles. The fourth-order valence-corrected chi connectivity index (χ4v) is 113. The van der Waals surface area contributed by atoms with Crippen molar-refractivity contribution in [2.45, 2.75) is 293 Å². The zero-order chi connectivity index (χ0) is 77.4. The predicted octanol–water partition coefficient (Wildman–Crippen LogP) is 19.6. The van der Waals surface area contributed by atoms with E-state index in [-0.39, 0.29) is 5.56 Å². The van der Waals surface area contributed by atoms with Gasteiger partial charge in [0.1, 0.15) is 23.6 Å². The Bertz CT molecular complexity index is 3030. The van der Waals surface area contributed by atoms with Crippen molar-refractivity contribution < 1.29 is 78.8 Å². The van der Waals surface area contributed by atoms with Crippen molar-refractivity contribution in [3.63, 3.8) is 0 Å². The molecule has 2 aromatic carbocycles. The highest BCUT2D eigenvalue weighted by atomic mass is 28.6. The minimum atomic E-state index is -2.90. The van der Waals surface area contributed by atoms with Gasteiger partial charge in [0.25, 0.3) is 0 Å². The summed E-state index contributed by atoms with van der Waals surface area (Å²) >= 11 is 0. The normalized spacial score (nSPS) is 15.0. The Morgan fingerprint density at radius 2 is 0.495 bits per heavy atom. The highest BCUT2D eigenvalue weighted by Gasteiger charge is 2.54. The van der Waals surface area contributed by atoms with Gasteiger partial charge >= 0.3 is 146 Å². The summed E-state index contributed by atoms with van der Waals surface area (Å²) in [7, 11) is -51.9. The number of para-hydroxylation sites is 1. The SMILES string of the molecule is CCCC[Si](C)(C)O[Si](C)(C)O[Si](C)(C)O[Si](C)(C)O[Si](C)(C)O[Si](C)(C)O[Si](C)(C)O[Si](C)(C)O[Si](C)(C)O[Si](C)(C)O[Si](C)(C)O[Si](C)(C)O[Si](C)(C)O[Si](C)(C)O[Si](C)(C)O[Si](C)(C)O[Si](C)(C)O[Si](C)(C)O[Si](C)(C)CCCc1ccccc1Oc1ccc(C#N)c(C#N)c1. The van der Waals surface area contributed by atoms with Crippen LogP contribution in [0.2, 0.25) is 261 Å². The third-order valence-corrected chi connectivity index (χ3v) is 88.1. The topological polar surface area (TPSA) is 223 Å². The molecular formula is C59H136N2O19Si19. The average Bonchev–Trinajstić information content (AvgIpc) is 0.807. The van der Waals surface area contributed by atoms with Crippen molar-refractivity contribution in [3.05, 3.63) is 59.2 Å². The van der Waals surface area contributed by atoms with Crippen LogP contribution in [-0.2, 0) is 80.5 Å². The van der Waals surface area contributed by atoms with Gasteiger partial charge in [0.05, 0.1) is 11.1 Å². The van der Waals surface area contributed by atoms with E-state index in [0.717, 1.165) is 42.7 Å². The van der Waals surface area contributed by atoms with E-state index in [1.54, 1.807) is 18.2 Å². The number of rotatable bonds is 45. The van der Waals surface area contributed by atoms with Gasteiger partial charge in [-0.05, 0) is 304 Å². The lowest BCUT2D eigenvalue weighted by Crippen LogP contribution is -2.63. The van der Waals surface area contributed by atoms with E-state index in [0.29, 0.717) is 11.3 Å². The lowest BCUT2D eigenvalue weighted by Gasteiger charge is -2.45. The molecule has 0 unspecified atom stereocenters. The molecule has 0 fully saturated rings. The molecule has 0 saturated carbocycles. The van der Waals surface area contributed by atoms with Crippen molar-refractivity contribution >= 4 is 162 Å². The standard InChI is InChI=1S/C59H136N2O19Si19/c1-40-41-50-81(2,3)63-83(6,7)65-85(10,11)67-87(14,15)69-89(18,19)71-91(22,23)73-93(26,27)75-95(30,31)77-97(34,35)79-99(38,39)80-98(36,37)78-96(32,33)76-94(28,29)74-92(24,25)72-90(20,21)70-88(16,17)68-86(12,13)66-84(8,9)64-82(4,5)51-44-46-55-45-42-43-47-59(55)62-58-49-48-56(53-60)57(52-58)54-61/h42-43,45,47-49,52H,40-41,44,46,50-51H2,1-39H3. The van der Waals surface area contributed by atoms with Crippen LogP contribution in [0.1, 0.15) is 42.9 Å². The number of nitriles is 2. The first-order valence-corrected chi connectivity index (χ1v) is 89.1. The quantitative estimate of drug-likeness (QED) is 0.0562. The van der Waals surface area contributed by atoms with Gasteiger partial charge in [-0.3, -0.25) is 0 Å². The molecule has 2 rings (SSSR count). The molecule has 0 spiro atoms. The molecule has 0 aliphatic heterocycles. The number of aryl methyl sites for hydroxylation is 1. The van der Waals surface area contributed by atoms with Crippen molar-refractivity contribution in [2.75, 3.05) is 0 Å². The Morgan fingerprint density at radius 3 is 0.727 bits per heavy atom. The second kappa shape index (κ2) is 35.1. The van der Waals surface area contributed by atoms with Crippen LogP contribution in [0.25, 0.3) is 0 Å². The Balaban J connectivity index is 2.03. The van der Waals surface area contributed by atoms with Crippen LogP contribution < -0.4 is 4.74 Å². The van der Waals surface area contributed by atoms with Crippen LogP contribution in [0, 0.1) is 22.7 Å². The van der Waals surface area contributed by atoms with E-state index in [1.807, 2.05) is 18.2 Å². The first-order valence-electron chi connectivity index (χ1n) is 35.0. The third-order valence-electron chi connectivity index (χ3n) is 13.7. The lowest BCUT2D eigenvalue weighted by atomic mass is 10.1. The van der Waals surface area contributed by atoms with Gasteiger partial charge < -0.3 is 78.8 Å². The van der Waals surface area contributed by atoms with Gasteiger partial charge in [0, 0.05) is 0 Å². The maximum atomic E-state index is 9.55. The molecule has 0 atom stereocenters. The second-order valence-corrected chi connectivity index (χ2v) is 105. The third kappa shape index (κ3) is 39.5. The largest absolute Gasteiger partial charge is 0.457 e. The van der Waals surface area contributed by atoms with Crippen LogP contribution in [0.5, 0.6) is 11.5 Å². The Hall–Kier alpha value is 0.621. The molecule has 21 nitrogen and oxygen atoms in total. The maximum absolute atomic E-state index is 9.55. The molecule has 0 bridgehead atoms. The molecule has 40 heteroatoms. The van der Waals surface area contributed by atoms with Crippen LogP contribution in [0.15, 0.2) is 42.5 Å². The predicted molar refractivity (Wildman–Crippen MR) is 447 cm³/mol. The summed E-state index contributed by atoms with van der Waals surface area (Å²) in [6.07, 6.45) is 4.01. The van der Waals surface area contributed by atoms with E-state index >= 15 is 0 Å². The van der Waals surface area contributed by atoms with Gasteiger partial charge in [-0.2, -0.15) is 10.5 Å². The molecule has 0 radical (unpaired) electrons. The monoisotopic (exact) mass is 1710 g/mol. The minimum Gasteiger partial charge on any atom is -0.457 e. The smallest absolute Gasteiger partial charge is 0.314 e. The van der Waals surface area contributed by atoms with Crippen molar-refractivity contribution in [3.8, 4) is 23.6 Å². The van der Waals surface area contributed by atoms with E-state index in [9.17, 15) is 10.5 Å². The van der Waals surface area contributed by atoms with Gasteiger partial charge in [-0.25, -0.2) is 0 Å². The van der Waals surface area contributed by atoms with E-state index in [4.69, 9.17) is 78.8 Å². The Morgan fingerprint density at radius 1 is 0.273 bits per heavy atom. The molecule has 0 heterocycles. The van der Waals surface area contributed by atoms with E-state index < -0.39 is 162 Å². The molecule has 99 heavy (non-hydrogen) atoms. The van der Waals surface area contributed by atoms with Crippen LogP contribution in [-0.4, -0.2) is 162 Å². The van der Waals surface area contributed by atoms with E-state index in [1.165, 1.54) is 6.42 Å². The number of ether oxygens (including phenoxy) is 1. The average molecular weight is 1710 g/mol. The van der Waals surface area contributed by atoms with Gasteiger partial charge in [-0.1, -0.05) is 38.0 Å². The van der Waals surface area contributed by atoms with Crippen molar-refractivity contribution in [2.24, 2.45) is 0 Å². The van der Waals surface area contributed by atoms with Crippen LogP contribution in [0.3, 0.4) is 0 Å². The fourth-order valence-electron chi connectivity index (χ4n) is 14.3. The number of benzene rings is 2. The molecule has 0 amide bonds. The molecule has 0 N–H and O–H groups in total. The second-order valence-electron chi connectivity index (χ2n) is 34.8. The highest BCUT2D eigenvalue weighted by Crippen LogP contribution is 2.37. The molecular weight excluding hydrogens is 1570 g/mol. The summed E-state index contributed by atoms with van der Waals surface area (Å²) in [5.41, 5.74) is 1.66. The zero-order valence-corrected chi connectivity index (χ0v) is 87.9. The van der Waals surface area contributed by atoms with Crippen molar-refractivity contribution in [1.82, 2.24) is 0 Å². The molecule has 2 aromatic rings. The number of hydrogen-bond donors (Lipinski definition) is 0. The molecule has 572 valence electrons. The highest BCUT2D eigenvalue weighted by molar-refractivity contribution is 6.96. The van der Waals surface area contributed by atoms with Gasteiger partial charge in [0.15, 0.2) is 16.6 Å². The zero-order valence-electron chi connectivity index (χ0n) is 68.9. The number of nitrogens with zero attached hydrogens (tertiary/aromatic N) is 2. The number of unbranched alkanes of at least 4 members (excludes halogenated alkanes) is 1. The van der Waals surface area contributed by atoms with Crippen LogP contribution >= 0.6 is 0 Å². The summed E-state index contributed by atoms with van der Waals surface area (Å²) < 4.78 is 131. The summed E-state index contributed by atoms with van der Waals surface area (Å²) in [6.45, 7) is 81.8. The summed E-state index contributed by atoms with van der Waals surface area (Å²) in [4.78, 5) is 0. The summed E-state index contributed by atoms with van der Waals surface area (Å²) in [6, 6.07) is 19.1. The van der Waals surface area contributed by atoms with E-state index in [2.05, 4.69) is 274 Å². The fraction of sp³-hybridized carbons (Fsp3) is 0.763. The Kier molecular flexibility index (Phi) is 33.9. The summed E-state index contributed by atoms with van der Waals surface area (Å²) in [5.74, 6) is 1.24. The Labute approximate surface area is 622 Å². The number of hydrogen-bond acceptors (Lipinski definition) is 21. The molecule has 0 aliphatic rings. The lowest BCUT2D eigenvalue weighted by molar-refractivity contribution is 0.250. The van der Waals surface area contributed by atoms with Crippen molar-refractivity contribution in [1.29, 1.82) is 10.5 Å². The van der Waals surface area contributed by atoms with Gasteiger partial charge in [-0.15, -0.1) is 0 Å².